The van der Waals surface area contributed by atoms with Crippen molar-refractivity contribution in [1.82, 2.24) is 5.32 Å². The van der Waals surface area contributed by atoms with Gasteiger partial charge < -0.3 is 10.2 Å². The average molecular weight is 162 g/mol. The Morgan fingerprint density at radius 1 is 1.25 bits per heavy atom. The van der Waals surface area contributed by atoms with Crippen molar-refractivity contribution in [2.45, 2.75) is 6.04 Å². The molecule has 0 saturated carbocycles. The van der Waals surface area contributed by atoms with Crippen LogP contribution in [0, 0.1) is 0 Å². The Morgan fingerprint density at radius 3 is 2.50 bits per heavy atom. The van der Waals surface area contributed by atoms with E-state index in [9.17, 15) is 0 Å². The third-order valence-electron chi connectivity index (χ3n) is 2.41. The van der Waals surface area contributed by atoms with E-state index < -0.39 is 0 Å². The lowest BCUT2D eigenvalue weighted by atomic mass is 10.1. The Hall–Kier alpha value is -1.02. The molecule has 0 aliphatic carbocycles. The number of likely N-dealkylation sites (N-methyl/N-ethyl adjacent to an activating group) is 1. The van der Waals surface area contributed by atoms with Gasteiger partial charge in [-0.15, -0.1) is 0 Å². The minimum Gasteiger partial charge on any atom is -0.368 e. The predicted molar refractivity (Wildman–Crippen MR) is 51.5 cm³/mol. The first-order chi connectivity index (χ1) is 5.90. The highest BCUT2D eigenvalue weighted by atomic mass is 15.2. The molecular formula is C10H14N2. The lowest BCUT2D eigenvalue weighted by molar-refractivity contribution is 0.450. The maximum Gasteiger partial charge on any atom is 0.0418 e. The van der Waals surface area contributed by atoms with E-state index in [1.54, 1.807) is 0 Å². The summed E-state index contributed by atoms with van der Waals surface area (Å²) in [6, 6.07) is 11.2. The molecule has 1 N–H and O–H groups in total. The van der Waals surface area contributed by atoms with Gasteiger partial charge >= 0.3 is 0 Å². The molecule has 1 aromatic rings. The van der Waals surface area contributed by atoms with E-state index >= 15 is 0 Å². The largest absolute Gasteiger partial charge is 0.368 e. The monoisotopic (exact) mass is 162 g/mol. The Balaban J connectivity index is 1.97. The fourth-order valence-corrected chi connectivity index (χ4v) is 1.51. The summed E-state index contributed by atoms with van der Waals surface area (Å²) in [5.41, 5.74) is 1.34. The molecule has 2 nitrogen and oxygen atoms in total. The first kappa shape index (κ1) is 7.62. The maximum atomic E-state index is 3.26. The lowest BCUT2D eigenvalue weighted by Crippen LogP contribution is -2.57. The number of hydrogen-bond donors (Lipinski definition) is 1. The van der Waals surface area contributed by atoms with Crippen LogP contribution in [0.3, 0.4) is 0 Å². The molecule has 0 unspecified atom stereocenters. The van der Waals surface area contributed by atoms with Crippen molar-refractivity contribution in [3.05, 3.63) is 30.3 Å². The molecule has 1 aliphatic rings. The molecule has 0 amide bonds. The van der Waals surface area contributed by atoms with Crippen LogP contribution in [0.1, 0.15) is 0 Å². The number of rotatable bonds is 2. The number of nitrogens with zero attached hydrogens (tertiary/aromatic N) is 1. The molecule has 64 valence electrons. The molecule has 0 spiro atoms. The van der Waals surface area contributed by atoms with Crippen LogP contribution < -0.4 is 10.2 Å². The van der Waals surface area contributed by atoms with Crippen LogP contribution in [0.5, 0.6) is 0 Å². The number of hydrogen-bond acceptors (Lipinski definition) is 2. The normalized spacial score (nSPS) is 17.6. The van der Waals surface area contributed by atoms with E-state index in [1.807, 2.05) is 7.05 Å². The van der Waals surface area contributed by atoms with E-state index in [4.69, 9.17) is 0 Å². The number of nitrogens with one attached hydrogen (secondary N) is 1. The van der Waals surface area contributed by atoms with Crippen LogP contribution in [-0.4, -0.2) is 26.2 Å². The summed E-state index contributed by atoms with van der Waals surface area (Å²) in [6.45, 7) is 2.28. The van der Waals surface area contributed by atoms with E-state index in [0.717, 1.165) is 13.1 Å². The van der Waals surface area contributed by atoms with Crippen molar-refractivity contribution in [3.63, 3.8) is 0 Å². The third-order valence-corrected chi connectivity index (χ3v) is 2.41. The molecule has 12 heavy (non-hydrogen) atoms. The minimum atomic E-state index is 0.685. The van der Waals surface area contributed by atoms with Crippen molar-refractivity contribution >= 4 is 5.69 Å². The van der Waals surface area contributed by atoms with Crippen LogP contribution in [0.4, 0.5) is 5.69 Å². The number of anilines is 1. The van der Waals surface area contributed by atoms with Gasteiger partial charge in [-0.2, -0.15) is 0 Å². The standard InChI is InChI=1S/C10H14N2/c1-11-9-7-12(8-9)10-5-3-2-4-6-10/h2-6,9,11H,7-8H2,1H3. The molecular weight excluding hydrogens is 148 g/mol. The molecule has 0 atom stereocenters. The van der Waals surface area contributed by atoms with E-state index in [2.05, 4.69) is 40.5 Å². The molecule has 0 radical (unpaired) electrons. The van der Waals surface area contributed by atoms with Crippen LogP contribution in [0.15, 0.2) is 30.3 Å². The SMILES string of the molecule is CNC1CN(c2ccccc2)C1. The quantitative estimate of drug-likeness (QED) is 0.700. The summed E-state index contributed by atoms with van der Waals surface area (Å²) < 4.78 is 0. The van der Waals surface area contributed by atoms with Gasteiger partial charge in [0.1, 0.15) is 0 Å². The first-order valence-corrected chi connectivity index (χ1v) is 4.37. The van der Waals surface area contributed by atoms with Crippen molar-refractivity contribution in [2.24, 2.45) is 0 Å². The summed E-state index contributed by atoms with van der Waals surface area (Å²) in [4.78, 5) is 2.38. The highest BCUT2D eigenvalue weighted by molar-refractivity contribution is 5.48. The van der Waals surface area contributed by atoms with Gasteiger partial charge in [-0.1, -0.05) is 18.2 Å². The Bertz CT molecular complexity index is 239. The van der Waals surface area contributed by atoms with Gasteiger partial charge in [0.15, 0.2) is 0 Å². The fraction of sp³-hybridized carbons (Fsp3) is 0.400. The van der Waals surface area contributed by atoms with Gasteiger partial charge in [-0.25, -0.2) is 0 Å². The van der Waals surface area contributed by atoms with Crippen LogP contribution in [0.2, 0.25) is 0 Å². The first-order valence-electron chi connectivity index (χ1n) is 4.37. The van der Waals surface area contributed by atoms with Gasteiger partial charge in [-0.05, 0) is 19.2 Å². The molecule has 1 heterocycles. The summed E-state index contributed by atoms with van der Waals surface area (Å²) in [6.07, 6.45) is 0. The predicted octanol–water partition coefficient (Wildman–Crippen LogP) is 1.09. The highest BCUT2D eigenvalue weighted by Gasteiger charge is 2.24. The summed E-state index contributed by atoms with van der Waals surface area (Å²) >= 11 is 0. The van der Waals surface area contributed by atoms with Gasteiger partial charge in [-0.3, -0.25) is 0 Å². The summed E-state index contributed by atoms with van der Waals surface area (Å²) in [5.74, 6) is 0. The van der Waals surface area contributed by atoms with Crippen LogP contribution >= 0.6 is 0 Å². The molecule has 0 bridgehead atoms. The van der Waals surface area contributed by atoms with Crippen molar-refractivity contribution in [1.29, 1.82) is 0 Å². The van der Waals surface area contributed by atoms with Crippen molar-refractivity contribution < 1.29 is 0 Å². The second-order valence-corrected chi connectivity index (χ2v) is 3.23. The minimum absolute atomic E-state index is 0.685. The lowest BCUT2D eigenvalue weighted by Gasteiger charge is -2.40. The second kappa shape index (κ2) is 3.15. The molecule has 2 heteroatoms. The Kier molecular flexibility index (Phi) is 2.00. The summed E-state index contributed by atoms with van der Waals surface area (Å²) in [5, 5.41) is 3.26. The van der Waals surface area contributed by atoms with Crippen LogP contribution in [-0.2, 0) is 0 Å². The highest BCUT2D eigenvalue weighted by Crippen LogP contribution is 2.19. The van der Waals surface area contributed by atoms with E-state index in [0.29, 0.717) is 6.04 Å². The molecule has 2 rings (SSSR count). The topological polar surface area (TPSA) is 15.3 Å². The van der Waals surface area contributed by atoms with Gasteiger partial charge in [0.05, 0.1) is 0 Å². The summed E-state index contributed by atoms with van der Waals surface area (Å²) in [7, 11) is 2.02. The van der Waals surface area contributed by atoms with Gasteiger partial charge in [0.2, 0.25) is 0 Å². The zero-order valence-corrected chi connectivity index (χ0v) is 7.33. The molecule has 1 aliphatic heterocycles. The van der Waals surface area contributed by atoms with Crippen LogP contribution in [0.25, 0.3) is 0 Å². The van der Waals surface area contributed by atoms with Crippen molar-refractivity contribution in [3.8, 4) is 0 Å². The van der Waals surface area contributed by atoms with E-state index in [-0.39, 0.29) is 0 Å². The molecule has 1 saturated heterocycles. The molecule has 0 aromatic heterocycles. The molecule has 1 aromatic carbocycles. The second-order valence-electron chi connectivity index (χ2n) is 3.23. The number of para-hydroxylation sites is 1. The van der Waals surface area contributed by atoms with E-state index in [1.165, 1.54) is 5.69 Å². The number of benzene rings is 1. The van der Waals surface area contributed by atoms with Crippen molar-refractivity contribution in [2.75, 3.05) is 25.0 Å². The molecule has 1 fully saturated rings. The smallest absolute Gasteiger partial charge is 0.0418 e. The zero-order valence-electron chi connectivity index (χ0n) is 7.33. The Morgan fingerprint density at radius 2 is 1.92 bits per heavy atom. The third kappa shape index (κ3) is 1.30. The van der Waals surface area contributed by atoms with Gasteiger partial charge in [0, 0.05) is 24.8 Å². The fourth-order valence-electron chi connectivity index (χ4n) is 1.51. The van der Waals surface area contributed by atoms with Gasteiger partial charge in [0.25, 0.3) is 0 Å². The Labute approximate surface area is 73.2 Å². The average Bonchev–Trinajstić information content (AvgIpc) is 2.04. The zero-order chi connectivity index (χ0) is 8.39. The maximum absolute atomic E-state index is 3.26.